The molecule has 2 aromatic rings. The van der Waals surface area contributed by atoms with Crippen LogP contribution in [-0.4, -0.2) is 89.0 Å². The van der Waals surface area contributed by atoms with Crippen molar-refractivity contribution < 1.29 is 27.9 Å². The molecule has 0 atom stereocenters. The molecule has 14 nitrogen and oxygen atoms in total. The number of carbonyl (C=O) groups excluding carboxylic acids is 2. The second kappa shape index (κ2) is 12.5. The van der Waals surface area contributed by atoms with Gasteiger partial charge in [0.1, 0.15) is 5.69 Å². The first-order valence-corrected chi connectivity index (χ1v) is 15.1. The van der Waals surface area contributed by atoms with E-state index >= 15 is 0 Å². The number of hydrogen-bond acceptors (Lipinski definition) is 9. The monoisotopic (exact) mass is 598 g/mol. The van der Waals surface area contributed by atoms with E-state index in [0.717, 1.165) is 5.56 Å². The Balaban J connectivity index is 1.56. The first-order valence-electron chi connectivity index (χ1n) is 13.6. The van der Waals surface area contributed by atoms with Crippen molar-refractivity contribution in [3.8, 4) is 6.07 Å². The van der Waals surface area contributed by atoms with Gasteiger partial charge in [0.25, 0.3) is 11.8 Å². The maximum atomic E-state index is 13.8. The van der Waals surface area contributed by atoms with E-state index in [1.165, 1.54) is 23.4 Å². The minimum atomic E-state index is -3.76. The lowest BCUT2D eigenvalue weighted by atomic mass is 10.0. The second-order valence-electron chi connectivity index (χ2n) is 11.0. The Morgan fingerprint density at radius 2 is 2.02 bits per heavy atom. The van der Waals surface area contributed by atoms with Gasteiger partial charge in [-0.05, 0) is 56.3 Å². The van der Waals surface area contributed by atoms with Gasteiger partial charge in [-0.2, -0.15) is 10.4 Å². The molecule has 0 spiro atoms. The summed E-state index contributed by atoms with van der Waals surface area (Å²) in [6, 6.07) is 8.83. The molecule has 1 fully saturated rings. The first-order chi connectivity index (χ1) is 20.0. The number of hydrogen-bond donors (Lipinski definition) is 2. The zero-order valence-corrected chi connectivity index (χ0v) is 24.4. The summed E-state index contributed by atoms with van der Waals surface area (Å²) in [4.78, 5) is 31.2. The van der Waals surface area contributed by atoms with Gasteiger partial charge in [-0.25, -0.2) is 8.42 Å². The molecule has 42 heavy (non-hydrogen) atoms. The molecule has 2 aliphatic rings. The fourth-order valence-corrected chi connectivity index (χ4v) is 7.31. The zero-order chi connectivity index (χ0) is 30.5. The highest BCUT2D eigenvalue weighted by atomic mass is 32.2. The number of rotatable bonds is 14. The van der Waals surface area contributed by atoms with Gasteiger partial charge in [0, 0.05) is 36.7 Å². The predicted octanol–water partition coefficient (Wildman–Crippen LogP) is 1.73. The number of aliphatic hydroxyl groups is 1. The third-order valence-corrected chi connectivity index (χ3v) is 11.0. The van der Waals surface area contributed by atoms with Gasteiger partial charge in [0.05, 0.1) is 47.5 Å². The van der Waals surface area contributed by atoms with Crippen molar-refractivity contribution >= 4 is 21.7 Å². The number of fused-ring (bicyclic) bond motifs is 1. The van der Waals surface area contributed by atoms with Crippen molar-refractivity contribution in [3.05, 3.63) is 62.8 Å². The van der Waals surface area contributed by atoms with Crippen LogP contribution < -0.4 is 5.32 Å². The van der Waals surface area contributed by atoms with Gasteiger partial charge in [-0.3, -0.25) is 14.3 Å². The minimum absolute atomic E-state index is 0.00883. The maximum absolute atomic E-state index is 13.8. The van der Waals surface area contributed by atoms with Crippen LogP contribution in [-0.2, 0) is 34.1 Å². The van der Waals surface area contributed by atoms with E-state index < -0.39 is 37.8 Å². The number of nitrogens with one attached hydrogen (secondary N) is 1. The van der Waals surface area contributed by atoms with E-state index in [4.69, 9.17) is 15.5 Å². The summed E-state index contributed by atoms with van der Waals surface area (Å²) in [5, 5.41) is 29.4. The Labute approximate surface area is 243 Å². The van der Waals surface area contributed by atoms with Crippen molar-refractivity contribution in [3.63, 3.8) is 0 Å². The smallest absolute Gasteiger partial charge is 0.272 e. The summed E-state index contributed by atoms with van der Waals surface area (Å²) in [6.07, 6.45) is 1.10. The molecule has 1 aromatic heterocycles. The largest absolute Gasteiger partial charge is 0.395 e. The molecular weight excluding hydrogens is 564 g/mol. The number of aliphatic hydroxyl groups excluding tert-OH is 1. The SMILES string of the molecule is CC(C)(CO)S(=O)(=O)C1(CN2CCc3c(C(=O)NCc4ccc(C#N)cc4)nn(CCOCCN=[N+]=[N-])c3C2=O)CC1. The molecule has 2 heterocycles. The van der Waals surface area contributed by atoms with Crippen molar-refractivity contribution in [1.29, 1.82) is 5.26 Å². The Morgan fingerprint density at radius 1 is 1.31 bits per heavy atom. The van der Waals surface area contributed by atoms with Crippen LogP contribution in [0.25, 0.3) is 10.4 Å². The van der Waals surface area contributed by atoms with Crippen molar-refractivity contribution in [2.45, 2.75) is 55.7 Å². The average Bonchev–Trinajstić information content (AvgIpc) is 3.69. The van der Waals surface area contributed by atoms with Crippen molar-refractivity contribution in [2.24, 2.45) is 5.11 Å². The highest BCUT2D eigenvalue weighted by Crippen LogP contribution is 2.49. The highest BCUT2D eigenvalue weighted by Gasteiger charge is 2.60. The van der Waals surface area contributed by atoms with Crippen LogP contribution in [0.2, 0.25) is 0 Å². The quantitative estimate of drug-likeness (QED) is 0.141. The van der Waals surface area contributed by atoms with Gasteiger partial charge >= 0.3 is 0 Å². The number of aromatic nitrogens is 2. The fourth-order valence-electron chi connectivity index (χ4n) is 5.01. The molecule has 1 saturated carbocycles. The molecule has 1 aromatic carbocycles. The van der Waals surface area contributed by atoms with E-state index in [0.29, 0.717) is 30.4 Å². The minimum Gasteiger partial charge on any atom is -0.395 e. The van der Waals surface area contributed by atoms with Crippen molar-refractivity contribution in [2.75, 3.05) is 39.5 Å². The number of sulfone groups is 1. The standard InChI is InChI=1S/C27H34N8O6S/c1-26(2,18-36)42(39,40)27(8-9-27)17-34-11-7-21-22(24(37)30-16-20-5-3-19(15-28)4-6-20)32-35(23(21)25(34)38)12-14-41-13-10-31-33-29/h3-6,36H,7-14,16-18H2,1-2H3,(H,30,37). The molecule has 4 rings (SSSR count). The lowest BCUT2D eigenvalue weighted by molar-refractivity contribution is 0.0716. The summed E-state index contributed by atoms with van der Waals surface area (Å²) >= 11 is 0. The third-order valence-electron chi connectivity index (χ3n) is 7.73. The molecule has 15 heteroatoms. The number of azide groups is 1. The van der Waals surface area contributed by atoms with Crippen LogP contribution in [0.1, 0.15) is 64.4 Å². The summed E-state index contributed by atoms with van der Waals surface area (Å²) in [5.41, 5.74) is 10.5. The molecule has 0 bridgehead atoms. The summed E-state index contributed by atoms with van der Waals surface area (Å²) in [5.74, 6) is -0.891. The Morgan fingerprint density at radius 3 is 2.64 bits per heavy atom. The molecule has 1 aliphatic carbocycles. The van der Waals surface area contributed by atoms with Crippen LogP contribution in [0.3, 0.4) is 0 Å². The van der Waals surface area contributed by atoms with Gasteiger partial charge < -0.3 is 20.1 Å². The number of nitriles is 1. The maximum Gasteiger partial charge on any atom is 0.272 e. The second-order valence-corrected chi connectivity index (χ2v) is 14.0. The molecule has 0 saturated heterocycles. The van der Waals surface area contributed by atoms with Crippen LogP contribution in [0, 0.1) is 11.3 Å². The van der Waals surface area contributed by atoms with E-state index in [-0.39, 0.29) is 57.3 Å². The molecular formula is C27H34N8O6S. The van der Waals surface area contributed by atoms with Crippen LogP contribution in [0.5, 0.6) is 0 Å². The molecule has 1 aliphatic heterocycles. The number of benzene rings is 1. The molecule has 2 amide bonds. The van der Waals surface area contributed by atoms with Gasteiger partial charge in [0.15, 0.2) is 15.5 Å². The first kappa shape index (κ1) is 31.0. The van der Waals surface area contributed by atoms with Crippen molar-refractivity contribution in [1.82, 2.24) is 20.0 Å². The average molecular weight is 599 g/mol. The number of amides is 2. The van der Waals surface area contributed by atoms with Crippen LogP contribution >= 0.6 is 0 Å². The number of ether oxygens (including phenoxy) is 1. The molecule has 2 N–H and O–H groups in total. The normalized spacial score (nSPS) is 15.9. The van der Waals surface area contributed by atoms with Crippen LogP contribution in [0.15, 0.2) is 29.4 Å². The van der Waals surface area contributed by atoms with E-state index in [9.17, 15) is 23.1 Å². The molecule has 224 valence electrons. The zero-order valence-electron chi connectivity index (χ0n) is 23.6. The summed E-state index contributed by atoms with van der Waals surface area (Å²) in [6.45, 7) is 3.43. The van der Waals surface area contributed by atoms with E-state index in [2.05, 4.69) is 20.4 Å². The Bertz CT molecular complexity index is 1530. The molecule has 0 unspecified atom stereocenters. The summed E-state index contributed by atoms with van der Waals surface area (Å²) in [7, 11) is -3.76. The lowest BCUT2D eigenvalue weighted by Gasteiger charge is -2.34. The predicted molar refractivity (Wildman–Crippen MR) is 151 cm³/mol. The van der Waals surface area contributed by atoms with Gasteiger partial charge in [-0.1, -0.05) is 17.2 Å². The van der Waals surface area contributed by atoms with Crippen LogP contribution in [0.4, 0.5) is 0 Å². The highest BCUT2D eigenvalue weighted by molar-refractivity contribution is 7.94. The van der Waals surface area contributed by atoms with Gasteiger partial charge in [-0.15, -0.1) is 0 Å². The molecule has 0 radical (unpaired) electrons. The fraction of sp³-hybridized carbons (Fsp3) is 0.556. The number of nitrogens with zero attached hydrogens (tertiary/aromatic N) is 7. The summed E-state index contributed by atoms with van der Waals surface area (Å²) < 4.78 is 31.2. The van der Waals surface area contributed by atoms with Gasteiger partial charge in [0.2, 0.25) is 0 Å². The topological polar surface area (TPSA) is 203 Å². The lowest BCUT2D eigenvalue weighted by Crippen LogP contribution is -2.51. The Kier molecular flexibility index (Phi) is 9.22. The third kappa shape index (κ3) is 6.12. The van der Waals surface area contributed by atoms with E-state index in [1.807, 2.05) is 6.07 Å². The number of carbonyl (C=O) groups is 2. The Hall–Kier alpha value is -3.96. The van der Waals surface area contributed by atoms with E-state index in [1.54, 1.807) is 24.3 Å².